The van der Waals surface area contributed by atoms with Crippen molar-refractivity contribution in [1.82, 2.24) is 14.9 Å². The SMILES string of the molecule is Cc1ccc(Oc2ccc(N3C(=S)N[C@@H](c4ccccn4)[C@H]3c3cc(C)n(-c4ccccc4O)c3C)cc2)cc1. The molecule has 0 aliphatic carbocycles. The first-order valence-electron chi connectivity index (χ1n) is 13.2. The van der Waals surface area contributed by atoms with Crippen LogP contribution in [0.2, 0.25) is 0 Å². The van der Waals surface area contributed by atoms with Crippen molar-refractivity contribution in [3.63, 3.8) is 0 Å². The van der Waals surface area contributed by atoms with Crippen molar-refractivity contribution < 1.29 is 9.84 Å². The topological polar surface area (TPSA) is 62.5 Å². The van der Waals surface area contributed by atoms with E-state index in [1.54, 1.807) is 6.07 Å². The highest BCUT2D eigenvalue weighted by atomic mass is 32.1. The van der Waals surface area contributed by atoms with Gasteiger partial charge in [-0.25, -0.2) is 0 Å². The number of rotatable bonds is 6. The van der Waals surface area contributed by atoms with E-state index in [1.165, 1.54) is 5.56 Å². The van der Waals surface area contributed by atoms with Crippen LogP contribution in [-0.2, 0) is 0 Å². The van der Waals surface area contributed by atoms with Crippen molar-refractivity contribution in [3.8, 4) is 22.9 Å². The first-order chi connectivity index (χ1) is 19.4. The van der Waals surface area contributed by atoms with Gasteiger partial charge >= 0.3 is 0 Å². The lowest BCUT2D eigenvalue weighted by atomic mass is 9.96. The number of aryl methyl sites for hydroxylation is 2. The maximum Gasteiger partial charge on any atom is 0.174 e. The highest BCUT2D eigenvalue weighted by Gasteiger charge is 2.42. The largest absolute Gasteiger partial charge is 0.506 e. The molecule has 6 rings (SSSR count). The molecule has 7 heteroatoms. The smallest absolute Gasteiger partial charge is 0.174 e. The van der Waals surface area contributed by atoms with Crippen LogP contribution in [0.4, 0.5) is 5.69 Å². The maximum absolute atomic E-state index is 10.6. The molecule has 2 N–H and O–H groups in total. The Morgan fingerprint density at radius 3 is 2.20 bits per heavy atom. The Morgan fingerprint density at radius 1 is 0.850 bits per heavy atom. The van der Waals surface area contributed by atoms with Gasteiger partial charge in [0.2, 0.25) is 0 Å². The van der Waals surface area contributed by atoms with Gasteiger partial charge in [0.05, 0.1) is 23.5 Å². The molecule has 5 aromatic rings. The third-order valence-electron chi connectivity index (χ3n) is 7.38. The first-order valence-corrected chi connectivity index (χ1v) is 13.6. The molecule has 3 heterocycles. The van der Waals surface area contributed by atoms with Gasteiger partial charge in [0, 0.05) is 23.3 Å². The number of thiocarbonyl (C=S) groups is 1. The van der Waals surface area contributed by atoms with Crippen molar-refractivity contribution in [1.29, 1.82) is 0 Å². The second-order valence-electron chi connectivity index (χ2n) is 10.1. The second-order valence-corrected chi connectivity index (χ2v) is 10.4. The van der Waals surface area contributed by atoms with Gasteiger partial charge in [-0.2, -0.15) is 0 Å². The molecule has 0 saturated carbocycles. The minimum atomic E-state index is -0.171. The Hall–Kier alpha value is -4.62. The summed E-state index contributed by atoms with van der Waals surface area (Å²) in [4.78, 5) is 6.84. The summed E-state index contributed by atoms with van der Waals surface area (Å²) in [6.45, 7) is 6.20. The quantitative estimate of drug-likeness (QED) is 0.215. The van der Waals surface area contributed by atoms with E-state index in [2.05, 4.69) is 46.6 Å². The zero-order chi connectivity index (χ0) is 27.8. The summed E-state index contributed by atoms with van der Waals surface area (Å²) in [6, 6.07) is 31.2. The van der Waals surface area contributed by atoms with Crippen LogP contribution in [0.3, 0.4) is 0 Å². The van der Waals surface area contributed by atoms with Gasteiger partial charge in [-0.3, -0.25) is 4.98 Å². The minimum Gasteiger partial charge on any atom is -0.506 e. The number of nitrogens with one attached hydrogen (secondary N) is 1. The fourth-order valence-electron chi connectivity index (χ4n) is 5.48. The van der Waals surface area contributed by atoms with Gasteiger partial charge in [-0.1, -0.05) is 35.9 Å². The van der Waals surface area contributed by atoms with E-state index in [9.17, 15) is 5.11 Å². The third kappa shape index (κ3) is 4.69. The van der Waals surface area contributed by atoms with E-state index in [4.69, 9.17) is 17.0 Å². The number of nitrogens with zero attached hydrogens (tertiary/aromatic N) is 3. The molecule has 0 spiro atoms. The summed E-state index contributed by atoms with van der Waals surface area (Å²) in [5, 5.41) is 14.8. The molecule has 1 aliphatic heterocycles. The van der Waals surface area contributed by atoms with Gasteiger partial charge in [-0.05, 0) is 105 Å². The van der Waals surface area contributed by atoms with Crippen molar-refractivity contribution in [3.05, 3.63) is 131 Å². The van der Waals surface area contributed by atoms with Crippen LogP contribution in [-0.4, -0.2) is 19.8 Å². The molecule has 1 saturated heterocycles. The predicted molar refractivity (Wildman–Crippen MR) is 163 cm³/mol. The van der Waals surface area contributed by atoms with Gasteiger partial charge < -0.3 is 24.6 Å². The zero-order valence-corrected chi connectivity index (χ0v) is 23.4. The van der Waals surface area contributed by atoms with Crippen LogP contribution in [0.1, 0.15) is 40.3 Å². The Kier molecular flexibility index (Phi) is 6.74. The van der Waals surface area contributed by atoms with Gasteiger partial charge in [0.25, 0.3) is 0 Å². The van der Waals surface area contributed by atoms with E-state index in [1.807, 2.05) is 91.1 Å². The predicted octanol–water partition coefficient (Wildman–Crippen LogP) is 7.47. The molecule has 6 nitrogen and oxygen atoms in total. The standard InChI is InChI=1S/C33H30N4O2S/c1-21-11-15-25(16-12-21)39-26-17-13-24(14-18-26)37-32(31(35-33(37)40)28-8-6-7-19-34-28)27-20-22(2)36(23(27)3)29-9-4-5-10-30(29)38/h4-20,31-32,38H,1-3H3,(H,35,40)/t31-,32+/m0/s1. The highest BCUT2D eigenvalue weighted by molar-refractivity contribution is 7.80. The molecular weight excluding hydrogens is 516 g/mol. The van der Waals surface area contributed by atoms with Crippen LogP contribution in [0.25, 0.3) is 5.69 Å². The van der Waals surface area contributed by atoms with Crippen LogP contribution >= 0.6 is 12.2 Å². The third-order valence-corrected chi connectivity index (χ3v) is 7.70. The van der Waals surface area contributed by atoms with E-state index < -0.39 is 0 Å². The van der Waals surface area contributed by atoms with Gasteiger partial charge in [0.1, 0.15) is 17.2 Å². The number of hydrogen-bond donors (Lipinski definition) is 2. The molecule has 0 bridgehead atoms. The van der Waals surface area contributed by atoms with Gasteiger partial charge in [0.15, 0.2) is 5.11 Å². The summed E-state index contributed by atoms with van der Waals surface area (Å²) >= 11 is 5.93. The van der Waals surface area contributed by atoms with Gasteiger partial charge in [-0.15, -0.1) is 0 Å². The van der Waals surface area contributed by atoms with E-state index in [-0.39, 0.29) is 17.8 Å². The number of ether oxygens (including phenoxy) is 1. The van der Waals surface area contributed by atoms with Crippen molar-refractivity contribution in [2.75, 3.05) is 4.90 Å². The van der Waals surface area contributed by atoms with E-state index in [0.29, 0.717) is 5.11 Å². The average Bonchev–Trinajstić information content (AvgIpc) is 3.46. The zero-order valence-electron chi connectivity index (χ0n) is 22.6. The summed E-state index contributed by atoms with van der Waals surface area (Å²) in [7, 11) is 0. The number of pyridine rings is 1. The Balaban J connectivity index is 1.41. The fourth-order valence-corrected chi connectivity index (χ4v) is 5.82. The summed E-state index contributed by atoms with van der Waals surface area (Å²) in [5.74, 6) is 1.78. The van der Waals surface area contributed by atoms with E-state index in [0.717, 1.165) is 45.5 Å². The van der Waals surface area contributed by atoms with Crippen molar-refractivity contribution in [2.24, 2.45) is 0 Å². The van der Waals surface area contributed by atoms with Crippen LogP contribution in [0, 0.1) is 20.8 Å². The average molecular weight is 547 g/mol. The number of para-hydroxylation sites is 2. The molecule has 1 fully saturated rings. The number of aromatic hydroxyl groups is 1. The number of aromatic nitrogens is 2. The fraction of sp³-hybridized carbons (Fsp3) is 0.152. The van der Waals surface area contributed by atoms with Crippen LogP contribution in [0.5, 0.6) is 17.2 Å². The molecular formula is C33H30N4O2S. The first kappa shape index (κ1) is 25.6. The molecule has 3 aromatic carbocycles. The molecule has 40 heavy (non-hydrogen) atoms. The normalized spacial score (nSPS) is 16.7. The van der Waals surface area contributed by atoms with Crippen LogP contribution in [0.15, 0.2) is 103 Å². The number of phenolic OH excluding ortho intramolecular Hbond substituents is 1. The number of anilines is 1. The van der Waals surface area contributed by atoms with Crippen molar-refractivity contribution in [2.45, 2.75) is 32.9 Å². The minimum absolute atomic E-state index is 0.169. The lowest BCUT2D eigenvalue weighted by Gasteiger charge is -2.28. The molecule has 0 amide bonds. The lowest BCUT2D eigenvalue weighted by molar-refractivity contribution is 0.471. The Bertz CT molecular complexity index is 1660. The summed E-state index contributed by atoms with van der Waals surface area (Å²) in [6.07, 6.45) is 1.81. The molecule has 2 aromatic heterocycles. The Morgan fingerprint density at radius 2 is 1.52 bits per heavy atom. The molecule has 200 valence electrons. The second kappa shape index (κ2) is 10.5. The lowest BCUT2D eigenvalue weighted by Crippen LogP contribution is -2.29. The molecule has 0 unspecified atom stereocenters. The molecule has 0 radical (unpaired) electrons. The summed E-state index contributed by atoms with van der Waals surface area (Å²) < 4.78 is 8.17. The molecule has 1 aliphatic rings. The monoisotopic (exact) mass is 546 g/mol. The van der Waals surface area contributed by atoms with Crippen molar-refractivity contribution >= 4 is 23.0 Å². The number of benzene rings is 3. The highest BCUT2D eigenvalue weighted by Crippen LogP contribution is 2.44. The summed E-state index contributed by atoms with van der Waals surface area (Å²) in [5.41, 5.74) is 6.94. The number of hydrogen-bond acceptors (Lipinski definition) is 4. The number of phenols is 1. The van der Waals surface area contributed by atoms with Crippen LogP contribution < -0.4 is 15.0 Å². The Labute approximate surface area is 239 Å². The molecule has 2 atom stereocenters. The maximum atomic E-state index is 10.6. The van der Waals surface area contributed by atoms with E-state index >= 15 is 0 Å².